The van der Waals surface area contributed by atoms with Crippen molar-refractivity contribution in [1.29, 1.82) is 0 Å². The highest BCUT2D eigenvalue weighted by Gasteiger charge is 2.00. The average Bonchev–Trinajstić information content (AvgIpc) is 2.23. The topological polar surface area (TPSA) is 55.1 Å². The molecule has 0 aliphatic heterocycles. The lowest BCUT2D eigenvalue weighted by molar-refractivity contribution is -0.118. The maximum absolute atomic E-state index is 10.5. The molecule has 0 radical (unpaired) electrons. The van der Waals surface area contributed by atoms with Crippen molar-refractivity contribution in [2.24, 2.45) is 5.73 Å². The molecular weight excluding hydrogens is 200 g/mol. The average molecular weight is 220 g/mol. The number of rotatable bonds is 6. The Morgan fingerprint density at radius 2 is 2.12 bits per heavy atom. The fourth-order valence-corrected chi connectivity index (χ4v) is 1.61. The monoisotopic (exact) mass is 220 g/mol. The van der Waals surface area contributed by atoms with Gasteiger partial charge in [0.15, 0.2) is 0 Å². The molecule has 1 amide bonds. The van der Waals surface area contributed by atoms with Crippen LogP contribution in [-0.2, 0) is 11.3 Å². The van der Waals surface area contributed by atoms with Gasteiger partial charge >= 0.3 is 0 Å². The third kappa shape index (κ3) is 4.03. The molecular formula is C13H20N2O. The second kappa shape index (κ2) is 6.28. The van der Waals surface area contributed by atoms with Gasteiger partial charge in [-0.1, -0.05) is 18.2 Å². The summed E-state index contributed by atoms with van der Waals surface area (Å²) >= 11 is 0. The van der Waals surface area contributed by atoms with Crippen LogP contribution in [-0.4, -0.2) is 12.5 Å². The third-order valence-electron chi connectivity index (χ3n) is 2.81. The Hall–Kier alpha value is -1.35. The van der Waals surface area contributed by atoms with Crippen LogP contribution in [0.3, 0.4) is 0 Å². The normalized spacial score (nSPS) is 10.4. The van der Waals surface area contributed by atoms with E-state index in [9.17, 15) is 4.79 Å². The first kappa shape index (κ1) is 12.7. The van der Waals surface area contributed by atoms with E-state index >= 15 is 0 Å². The fourth-order valence-electron chi connectivity index (χ4n) is 1.61. The molecule has 1 rings (SSSR count). The van der Waals surface area contributed by atoms with Gasteiger partial charge < -0.3 is 11.1 Å². The van der Waals surface area contributed by atoms with E-state index in [-0.39, 0.29) is 5.91 Å². The second-order valence-corrected chi connectivity index (χ2v) is 4.11. The minimum atomic E-state index is -0.228. The Morgan fingerprint density at radius 1 is 1.38 bits per heavy atom. The van der Waals surface area contributed by atoms with Crippen molar-refractivity contribution >= 4 is 5.91 Å². The molecule has 0 saturated carbocycles. The fraction of sp³-hybridized carbons (Fsp3) is 0.462. The summed E-state index contributed by atoms with van der Waals surface area (Å²) in [7, 11) is 0. The maximum Gasteiger partial charge on any atom is 0.217 e. The van der Waals surface area contributed by atoms with Crippen molar-refractivity contribution in [1.82, 2.24) is 5.32 Å². The van der Waals surface area contributed by atoms with Crippen molar-refractivity contribution in [3.05, 3.63) is 34.9 Å². The van der Waals surface area contributed by atoms with Crippen LogP contribution >= 0.6 is 0 Å². The van der Waals surface area contributed by atoms with Crippen LogP contribution in [0.2, 0.25) is 0 Å². The molecule has 1 aromatic rings. The number of amides is 1. The third-order valence-corrected chi connectivity index (χ3v) is 2.81. The van der Waals surface area contributed by atoms with Crippen LogP contribution in [0.15, 0.2) is 18.2 Å². The van der Waals surface area contributed by atoms with E-state index in [1.165, 1.54) is 16.7 Å². The summed E-state index contributed by atoms with van der Waals surface area (Å²) in [5.41, 5.74) is 9.04. The van der Waals surface area contributed by atoms with Crippen LogP contribution in [0.25, 0.3) is 0 Å². The minimum absolute atomic E-state index is 0.228. The van der Waals surface area contributed by atoms with E-state index in [2.05, 4.69) is 37.4 Å². The number of carbonyl (C=O) groups excluding carboxylic acids is 1. The molecule has 0 atom stereocenters. The highest BCUT2D eigenvalue weighted by molar-refractivity contribution is 5.73. The quantitative estimate of drug-likeness (QED) is 0.716. The standard InChI is InChI=1S/C13H20N2O/c1-10-5-3-6-12(11(10)2)9-15-8-4-7-13(14)16/h3,5-6,15H,4,7-9H2,1-2H3,(H2,14,16). The minimum Gasteiger partial charge on any atom is -0.370 e. The van der Waals surface area contributed by atoms with Crippen LogP contribution in [0.4, 0.5) is 0 Å². The number of primary amides is 1. The molecule has 0 bridgehead atoms. The number of aryl methyl sites for hydroxylation is 1. The Bertz CT molecular complexity index is 361. The zero-order valence-corrected chi connectivity index (χ0v) is 10.0. The first-order chi connectivity index (χ1) is 7.61. The first-order valence-corrected chi connectivity index (χ1v) is 5.65. The van der Waals surface area contributed by atoms with Gasteiger partial charge in [0.2, 0.25) is 5.91 Å². The lowest BCUT2D eigenvalue weighted by atomic mass is 10.0. The van der Waals surface area contributed by atoms with Gasteiger partial charge in [0.25, 0.3) is 0 Å². The zero-order chi connectivity index (χ0) is 12.0. The number of nitrogens with two attached hydrogens (primary N) is 1. The summed E-state index contributed by atoms with van der Waals surface area (Å²) < 4.78 is 0. The van der Waals surface area contributed by atoms with Gasteiger partial charge in [-0.05, 0) is 43.5 Å². The molecule has 0 heterocycles. The highest BCUT2D eigenvalue weighted by Crippen LogP contribution is 2.12. The Kier molecular flexibility index (Phi) is 4.99. The molecule has 0 saturated heterocycles. The van der Waals surface area contributed by atoms with E-state index in [4.69, 9.17) is 5.73 Å². The van der Waals surface area contributed by atoms with E-state index in [0.29, 0.717) is 6.42 Å². The molecule has 3 N–H and O–H groups in total. The van der Waals surface area contributed by atoms with Gasteiger partial charge in [-0.3, -0.25) is 4.79 Å². The molecule has 0 aliphatic carbocycles. The van der Waals surface area contributed by atoms with Crippen LogP contribution in [0.1, 0.15) is 29.5 Å². The van der Waals surface area contributed by atoms with E-state index < -0.39 is 0 Å². The molecule has 16 heavy (non-hydrogen) atoms. The van der Waals surface area contributed by atoms with Gasteiger partial charge in [-0.2, -0.15) is 0 Å². The molecule has 0 unspecified atom stereocenters. The van der Waals surface area contributed by atoms with Crippen molar-refractivity contribution in [2.75, 3.05) is 6.54 Å². The summed E-state index contributed by atoms with van der Waals surface area (Å²) in [5.74, 6) is -0.228. The van der Waals surface area contributed by atoms with Crippen LogP contribution in [0.5, 0.6) is 0 Å². The lowest BCUT2D eigenvalue weighted by Crippen LogP contribution is -2.18. The molecule has 0 aromatic heterocycles. The van der Waals surface area contributed by atoms with Gasteiger partial charge in [0, 0.05) is 13.0 Å². The lowest BCUT2D eigenvalue weighted by Gasteiger charge is -2.09. The molecule has 0 fully saturated rings. The van der Waals surface area contributed by atoms with Crippen molar-refractivity contribution in [3.63, 3.8) is 0 Å². The smallest absolute Gasteiger partial charge is 0.217 e. The summed E-state index contributed by atoms with van der Waals surface area (Å²) in [6, 6.07) is 6.32. The first-order valence-electron chi connectivity index (χ1n) is 5.65. The number of benzene rings is 1. The van der Waals surface area contributed by atoms with Crippen molar-refractivity contribution < 1.29 is 4.79 Å². The highest BCUT2D eigenvalue weighted by atomic mass is 16.1. The molecule has 0 aliphatic rings. The van der Waals surface area contributed by atoms with Crippen LogP contribution in [0, 0.1) is 13.8 Å². The van der Waals surface area contributed by atoms with E-state index in [1.807, 2.05) is 0 Å². The van der Waals surface area contributed by atoms with Gasteiger partial charge in [0.1, 0.15) is 0 Å². The van der Waals surface area contributed by atoms with Crippen LogP contribution < -0.4 is 11.1 Å². The zero-order valence-electron chi connectivity index (χ0n) is 10.0. The van der Waals surface area contributed by atoms with Crippen molar-refractivity contribution in [2.45, 2.75) is 33.2 Å². The molecule has 3 heteroatoms. The largest absolute Gasteiger partial charge is 0.370 e. The maximum atomic E-state index is 10.5. The Morgan fingerprint density at radius 3 is 2.81 bits per heavy atom. The number of hydrogen-bond acceptors (Lipinski definition) is 2. The number of carbonyl (C=O) groups is 1. The SMILES string of the molecule is Cc1cccc(CNCCCC(N)=O)c1C. The summed E-state index contributed by atoms with van der Waals surface area (Å²) in [6.07, 6.45) is 1.26. The Labute approximate surface area is 97.0 Å². The molecule has 88 valence electrons. The van der Waals surface area contributed by atoms with Crippen molar-refractivity contribution in [3.8, 4) is 0 Å². The van der Waals surface area contributed by atoms with Gasteiger partial charge in [0.05, 0.1) is 0 Å². The Balaban J connectivity index is 2.32. The molecule has 3 nitrogen and oxygen atoms in total. The summed E-state index contributed by atoms with van der Waals surface area (Å²) in [5, 5.41) is 3.32. The van der Waals surface area contributed by atoms with Gasteiger partial charge in [-0.25, -0.2) is 0 Å². The molecule has 1 aromatic carbocycles. The summed E-state index contributed by atoms with van der Waals surface area (Å²) in [4.78, 5) is 10.5. The van der Waals surface area contributed by atoms with Gasteiger partial charge in [-0.15, -0.1) is 0 Å². The second-order valence-electron chi connectivity index (χ2n) is 4.11. The predicted octanol–water partition coefficient (Wildman–Crippen LogP) is 1.66. The van der Waals surface area contributed by atoms with E-state index in [0.717, 1.165) is 19.5 Å². The molecule has 0 spiro atoms. The number of hydrogen-bond donors (Lipinski definition) is 2. The summed E-state index contributed by atoms with van der Waals surface area (Å²) in [6.45, 7) is 5.93. The number of nitrogens with one attached hydrogen (secondary N) is 1. The predicted molar refractivity (Wildman–Crippen MR) is 66.1 cm³/mol. The van der Waals surface area contributed by atoms with E-state index in [1.54, 1.807) is 0 Å².